The number of hydrogen-bond donors (Lipinski definition) is 0. The minimum Gasteiger partial charge on any atom is -0.462 e. The molecule has 5 nitrogen and oxygen atoms in total. The Morgan fingerprint density at radius 1 is 1.14 bits per heavy atom. The molecule has 0 radical (unpaired) electrons. The number of Topliss-reactive ketones (excluding diaryl/α,β-unsaturated/α-hetero) is 1. The molecule has 0 unspecified atom stereocenters. The lowest BCUT2D eigenvalue weighted by atomic mass is 10.0. The van der Waals surface area contributed by atoms with Crippen LogP contribution >= 0.6 is 0 Å². The van der Waals surface area contributed by atoms with Crippen molar-refractivity contribution in [1.29, 1.82) is 0 Å². The van der Waals surface area contributed by atoms with Crippen LogP contribution in [0.4, 0.5) is 0 Å². The van der Waals surface area contributed by atoms with Crippen molar-refractivity contribution in [2.45, 2.75) is 38.7 Å². The van der Waals surface area contributed by atoms with Crippen LogP contribution < -0.4 is 0 Å². The molecule has 1 aromatic rings. The molecule has 0 spiro atoms. The van der Waals surface area contributed by atoms with Crippen LogP contribution in [0.25, 0.3) is 0 Å². The van der Waals surface area contributed by atoms with Gasteiger partial charge in [-0.3, -0.25) is 9.59 Å². The summed E-state index contributed by atoms with van der Waals surface area (Å²) in [4.78, 5) is 22.8. The van der Waals surface area contributed by atoms with E-state index in [9.17, 15) is 18.0 Å². The van der Waals surface area contributed by atoms with E-state index >= 15 is 0 Å². The highest BCUT2D eigenvalue weighted by molar-refractivity contribution is 7.91. The molecule has 0 N–H and O–H groups in total. The summed E-state index contributed by atoms with van der Waals surface area (Å²) in [5.74, 6) is -2.11. The lowest BCUT2D eigenvalue weighted by Gasteiger charge is -2.21. The summed E-state index contributed by atoms with van der Waals surface area (Å²) in [7, 11) is -3.61. The minimum absolute atomic E-state index is 0.161. The van der Waals surface area contributed by atoms with Gasteiger partial charge in [-0.25, -0.2) is 8.42 Å². The van der Waals surface area contributed by atoms with Crippen LogP contribution in [0.2, 0.25) is 0 Å². The largest absolute Gasteiger partial charge is 0.462 e. The van der Waals surface area contributed by atoms with Gasteiger partial charge in [0.05, 0.1) is 16.6 Å². The number of ketones is 1. The molecule has 0 saturated carbocycles. The Balaban J connectivity index is 2.99. The van der Waals surface area contributed by atoms with Gasteiger partial charge in [-0.05, 0) is 32.9 Å². The maximum Gasteiger partial charge on any atom is 0.302 e. The van der Waals surface area contributed by atoms with Gasteiger partial charge in [0, 0.05) is 6.92 Å². The molecular weight excluding hydrogens is 292 g/mol. The normalized spacial score (nSPS) is 14.3. The molecule has 21 heavy (non-hydrogen) atoms. The summed E-state index contributed by atoms with van der Waals surface area (Å²) in [6, 6.07) is 6.42. The van der Waals surface area contributed by atoms with Gasteiger partial charge in [0.15, 0.2) is 9.84 Å². The lowest BCUT2D eigenvalue weighted by molar-refractivity contribution is -0.149. The van der Waals surface area contributed by atoms with Gasteiger partial charge in [-0.1, -0.05) is 17.7 Å². The van der Waals surface area contributed by atoms with E-state index in [0.717, 1.165) is 5.56 Å². The third kappa shape index (κ3) is 4.97. The predicted octanol–water partition coefficient (Wildman–Crippen LogP) is 1.93. The first-order chi connectivity index (χ1) is 9.63. The zero-order valence-corrected chi connectivity index (χ0v) is 13.4. The van der Waals surface area contributed by atoms with Gasteiger partial charge in [-0.2, -0.15) is 0 Å². The van der Waals surface area contributed by atoms with Gasteiger partial charge in [0.1, 0.15) is 11.9 Å². The van der Waals surface area contributed by atoms with E-state index in [1.165, 1.54) is 32.9 Å². The summed E-state index contributed by atoms with van der Waals surface area (Å²) in [6.45, 7) is 5.91. The second-order valence-corrected chi connectivity index (χ2v) is 7.16. The zero-order valence-electron chi connectivity index (χ0n) is 12.6. The Hall–Kier alpha value is -1.69. The van der Waals surface area contributed by atoms with Crippen LogP contribution in [0.5, 0.6) is 0 Å². The number of rotatable bonds is 6. The minimum atomic E-state index is -3.61. The first-order valence-electron chi connectivity index (χ1n) is 6.60. The van der Waals surface area contributed by atoms with Crippen molar-refractivity contribution in [3.05, 3.63) is 29.8 Å². The average molecular weight is 312 g/mol. The summed E-state index contributed by atoms with van der Waals surface area (Å²) in [5, 5.41) is 0. The fraction of sp³-hybridized carbons (Fsp3) is 0.467. The lowest BCUT2D eigenvalue weighted by Crippen LogP contribution is -2.34. The summed E-state index contributed by atoms with van der Waals surface area (Å²) in [5.41, 5.74) is 0.949. The molecule has 0 fully saturated rings. The van der Waals surface area contributed by atoms with E-state index in [2.05, 4.69) is 0 Å². The molecule has 0 aliphatic heterocycles. The number of benzene rings is 1. The van der Waals surface area contributed by atoms with Crippen molar-refractivity contribution in [2.75, 3.05) is 5.75 Å². The van der Waals surface area contributed by atoms with Crippen LogP contribution in [0.1, 0.15) is 26.3 Å². The van der Waals surface area contributed by atoms with Crippen molar-refractivity contribution < 1.29 is 22.7 Å². The molecular formula is C15H20O5S. The topological polar surface area (TPSA) is 77.5 Å². The number of carbonyl (C=O) groups excluding carboxylic acids is 2. The number of aryl methyl sites for hydroxylation is 1. The fourth-order valence-corrected chi connectivity index (χ4v) is 3.73. The zero-order chi connectivity index (χ0) is 16.2. The molecule has 0 bridgehead atoms. The van der Waals surface area contributed by atoms with Crippen LogP contribution in [0.15, 0.2) is 29.2 Å². The quantitative estimate of drug-likeness (QED) is 0.750. The monoisotopic (exact) mass is 312 g/mol. The van der Waals surface area contributed by atoms with E-state index < -0.39 is 27.8 Å². The van der Waals surface area contributed by atoms with E-state index in [4.69, 9.17) is 4.74 Å². The Kier molecular flexibility index (Phi) is 5.66. The Morgan fingerprint density at radius 3 is 2.10 bits per heavy atom. The maximum absolute atomic E-state index is 12.4. The van der Waals surface area contributed by atoms with E-state index in [1.807, 2.05) is 6.92 Å². The van der Waals surface area contributed by atoms with Crippen molar-refractivity contribution in [1.82, 2.24) is 0 Å². The summed E-state index contributed by atoms with van der Waals surface area (Å²) >= 11 is 0. The first kappa shape index (κ1) is 17.4. The van der Waals surface area contributed by atoms with E-state index in [1.54, 1.807) is 12.1 Å². The summed E-state index contributed by atoms with van der Waals surface area (Å²) in [6.07, 6.45) is -0.778. The van der Waals surface area contributed by atoms with Crippen LogP contribution in [-0.4, -0.2) is 32.0 Å². The molecule has 2 atom stereocenters. The molecule has 1 aromatic carbocycles. The highest BCUT2D eigenvalue weighted by atomic mass is 32.2. The van der Waals surface area contributed by atoms with Gasteiger partial charge in [0.25, 0.3) is 0 Å². The molecule has 116 valence electrons. The van der Waals surface area contributed by atoms with Crippen molar-refractivity contribution >= 4 is 21.6 Å². The fourth-order valence-electron chi connectivity index (χ4n) is 2.01. The van der Waals surface area contributed by atoms with Crippen LogP contribution in [0, 0.1) is 12.8 Å². The van der Waals surface area contributed by atoms with Gasteiger partial charge < -0.3 is 4.74 Å². The van der Waals surface area contributed by atoms with Crippen molar-refractivity contribution in [3.8, 4) is 0 Å². The molecule has 6 heteroatoms. The SMILES string of the molecule is CC(=O)O[C@@H](C)[C@@H](CS(=O)(=O)c1ccc(C)cc1)C(C)=O. The van der Waals surface area contributed by atoms with Crippen molar-refractivity contribution in [3.63, 3.8) is 0 Å². The third-order valence-corrected chi connectivity index (χ3v) is 5.01. The van der Waals surface area contributed by atoms with E-state index in [0.29, 0.717) is 0 Å². The maximum atomic E-state index is 12.4. The highest BCUT2D eigenvalue weighted by Crippen LogP contribution is 2.19. The number of carbonyl (C=O) groups is 2. The van der Waals surface area contributed by atoms with Gasteiger partial charge >= 0.3 is 5.97 Å². The predicted molar refractivity (Wildman–Crippen MR) is 78.6 cm³/mol. The Bertz CT molecular complexity index is 616. The molecule has 0 aliphatic carbocycles. The van der Waals surface area contributed by atoms with Gasteiger partial charge in [-0.15, -0.1) is 0 Å². The molecule has 0 amide bonds. The van der Waals surface area contributed by atoms with E-state index in [-0.39, 0.29) is 16.4 Å². The Labute approximate surface area is 125 Å². The second kappa shape index (κ2) is 6.85. The average Bonchev–Trinajstić information content (AvgIpc) is 2.35. The smallest absolute Gasteiger partial charge is 0.302 e. The first-order valence-corrected chi connectivity index (χ1v) is 8.26. The number of ether oxygens (including phenoxy) is 1. The van der Waals surface area contributed by atoms with Crippen molar-refractivity contribution in [2.24, 2.45) is 5.92 Å². The third-order valence-electron chi connectivity index (χ3n) is 3.22. The number of sulfone groups is 1. The summed E-state index contributed by atoms with van der Waals surface area (Å²) < 4.78 is 29.7. The second-order valence-electron chi connectivity index (χ2n) is 5.13. The number of esters is 1. The van der Waals surface area contributed by atoms with Gasteiger partial charge in [0.2, 0.25) is 0 Å². The molecule has 0 saturated heterocycles. The molecule has 0 aromatic heterocycles. The van der Waals surface area contributed by atoms with Crippen LogP contribution in [0.3, 0.4) is 0 Å². The Morgan fingerprint density at radius 2 is 1.67 bits per heavy atom. The molecule has 0 aliphatic rings. The highest BCUT2D eigenvalue weighted by Gasteiger charge is 2.30. The molecule has 0 heterocycles. The van der Waals surface area contributed by atoms with Crippen LogP contribution in [-0.2, 0) is 24.2 Å². The number of hydrogen-bond acceptors (Lipinski definition) is 5. The standard InChI is InChI=1S/C15H20O5S/c1-10-5-7-14(8-6-10)21(18,19)9-15(11(2)16)12(3)20-13(4)17/h5-8,12,15H,9H2,1-4H3/t12-,15-/m0/s1. The molecule has 1 rings (SSSR count).